The van der Waals surface area contributed by atoms with Crippen LogP contribution in [0, 0.1) is 0 Å². The highest BCUT2D eigenvalue weighted by atomic mass is 35.5. The largest absolute Gasteiger partial charge is 0.481 e. The van der Waals surface area contributed by atoms with Gasteiger partial charge in [-0.1, -0.05) is 72.8 Å². The molecular formula is C24H27Cl2N3O4. The number of H-pyrrole nitrogens is 1. The minimum atomic E-state index is -0.615. The van der Waals surface area contributed by atoms with Crippen molar-refractivity contribution in [3.63, 3.8) is 0 Å². The molecule has 2 aromatic rings. The average molecular weight is 492 g/mol. The van der Waals surface area contributed by atoms with Crippen LogP contribution in [0.1, 0.15) is 35.7 Å². The summed E-state index contributed by atoms with van der Waals surface area (Å²) >= 11 is 12.1. The van der Waals surface area contributed by atoms with Gasteiger partial charge in [0.2, 0.25) is 5.75 Å². The molecule has 0 aliphatic carbocycles. The first-order chi connectivity index (χ1) is 15.7. The fourth-order valence-electron chi connectivity index (χ4n) is 3.03. The number of carbonyl (C=O) groups excluding carboxylic acids is 1. The first-order valence-electron chi connectivity index (χ1n) is 10.3. The number of nitrogens with zero attached hydrogens (tertiary/aromatic N) is 2. The van der Waals surface area contributed by atoms with Gasteiger partial charge >= 0.3 is 0 Å². The number of benzene rings is 1. The Bertz CT molecular complexity index is 1090. The Labute approximate surface area is 203 Å². The Morgan fingerprint density at radius 3 is 2.52 bits per heavy atom. The number of aliphatic hydroxyl groups is 1. The number of carbonyl (C=O) groups is 1. The maximum Gasteiger partial charge on any atom is 0.294 e. The molecule has 0 spiro atoms. The maximum atomic E-state index is 13.3. The second-order valence-corrected chi connectivity index (χ2v) is 8.24. The van der Waals surface area contributed by atoms with E-state index in [1.807, 2.05) is 30.3 Å². The number of hydrogen-bond donors (Lipinski definition) is 2. The van der Waals surface area contributed by atoms with E-state index >= 15 is 0 Å². The van der Waals surface area contributed by atoms with Crippen molar-refractivity contribution in [2.24, 2.45) is 0 Å². The second kappa shape index (κ2) is 12.4. The average Bonchev–Trinajstić information content (AvgIpc) is 2.79. The van der Waals surface area contributed by atoms with Gasteiger partial charge in [0.15, 0.2) is 5.69 Å². The lowest BCUT2D eigenvalue weighted by molar-refractivity contribution is 0.0653. The summed E-state index contributed by atoms with van der Waals surface area (Å²) in [5.74, 6) is -0.561. The molecule has 7 nitrogen and oxygen atoms in total. The molecule has 2 N–H and O–H groups in total. The summed E-state index contributed by atoms with van der Waals surface area (Å²) in [6, 6.07) is 8.99. The molecule has 0 radical (unpaired) electrons. The number of ether oxygens (including phenoxy) is 1. The number of aromatic nitrogens is 2. The number of halogens is 2. The molecule has 1 heterocycles. The van der Waals surface area contributed by atoms with Crippen LogP contribution in [0.5, 0.6) is 5.75 Å². The Balaban J connectivity index is 2.55. The van der Waals surface area contributed by atoms with Gasteiger partial charge < -0.3 is 19.7 Å². The first kappa shape index (κ1) is 26.4. The van der Waals surface area contributed by atoms with Crippen LogP contribution in [-0.4, -0.2) is 45.1 Å². The molecule has 1 aromatic carbocycles. The summed E-state index contributed by atoms with van der Waals surface area (Å²) in [6.45, 7) is 10.8. The van der Waals surface area contributed by atoms with Crippen molar-refractivity contribution < 1.29 is 14.6 Å². The molecule has 0 atom stereocenters. The van der Waals surface area contributed by atoms with Gasteiger partial charge in [-0.05, 0) is 25.0 Å². The Morgan fingerprint density at radius 2 is 1.97 bits per heavy atom. The maximum absolute atomic E-state index is 13.3. The number of allylic oxidation sites excluding steroid dienone is 4. The van der Waals surface area contributed by atoms with Crippen LogP contribution >= 0.6 is 23.2 Å². The van der Waals surface area contributed by atoms with E-state index in [-0.39, 0.29) is 59.6 Å². The number of nitrogens with one attached hydrogen (secondary N) is 1. The van der Waals surface area contributed by atoms with E-state index in [0.717, 1.165) is 5.56 Å². The number of amides is 1. The normalized spacial score (nSPS) is 11.7. The third-order valence-corrected chi connectivity index (χ3v) is 5.46. The van der Waals surface area contributed by atoms with Gasteiger partial charge in [0, 0.05) is 19.0 Å². The zero-order valence-corrected chi connectivity index (χ0v) is 20.1. The fraction of sp³-hybridized carbons (Fsp3) is 0.292. The minimum absolute atomic E-state index is 0.0598. The van der Waals surface area contributed by atoms with Gasteiger partial charge in [0.05, 0.1) is 16.7 Å². The SMILES string of the molecule is C=C/C(Cc1nc(C(=O)N(CCO)C(C)C)c(OCc2ccccc2)c(=O)[nH]1)=C(/Cl)C(=C)Cl. The van der Waals surface area contributed by atoms with Gasteiger partial charge in [-0.25, -0.2) is 4.98 Å². The van der Waals surface area contributed by atoms with Crippen LogP contribution in [0.25, 0.3) is 0 Å². The number of hydrogen-bond acceptors (Lipinski definition) is 5. The van der Waals surface area contributed by atoms with Gasteiger partial charge in [-0.15, -0.1) is 0 Å². The summed E-state index contributed by atoms with van der Waals surface area (Å²) in [7, 11) is 0. The highest BCUT2D eigenvalue weighted by Crippen LogP contribution is 2.24. The molecule has 0 saturated heterocycles. The highest BCUT2D eigenvalue weighted by molar-refractivity contribution is 6.44. The smallest absolute Gasteiger partial charge is 0.294 e. The van der Waals surface area contributed by atoms with E-state index in [2.05, 4.69) is 23.1 Å². The summed E-state index contributed by atoms with van der Waals surface area (Å²) in [5.41, 5.74) is 0.527. The summed E-state index contributed by atoms with van der Waals surface area (Å²) < 4.78 is 5.75. The van der Waals surface area contributed by atoms with Crippen molar-refractivity contribution in [2.75, 3.05) is 13.2 Å². The van der Waals surface area contributed by atoms with E-state index in [1.54, 1.807) is 13.8 Å². The van der Waals surface area contributed by atoms with Crippen molar-refractivity contribution in [3.05, 3.63) is 92.6 Å². The zero-order chi connectivity index (χ0) is 24.5. The Hall–Kier alpha value is -2.87. The zero-order valence-electron chi connectivity index (χ0n) is 18.6. The summed E-state index contributed by atoms with van der Waals surface area (Å²) in [5, 5.41) is 9.70. The van der Waals surface area contributed by atoms with Gasteiger partial charge in [-0.2, -0.15) is 0 Å². The molecule has 9 heteroatoms. The Kier molecular flexibility index (Phi) is 9.91. The summed E-state index contributed by atoms with van der Waals surface area (Å²) in [6.07, 6.45) is 1.54. The lowest BCUT2D eigenvalue weighted by atomic mass is 10.1. The second-order valence-electron chi connectivity index (χ2n) is 7.41. The van der Waals surface area contributed by atoms with Crippen molar-refractivity contribution in [3.8, 4) is 5.75 Å². The first-order valence-corrected chi connectivity index (χ1v) is 11.0. The van der Waals surface area contributed by atoms with Crippen molar-refractivity contribution >= 4 is 29.1 Å². The molecule has 0 bridgehead atoms. The monoisotopic (exact) mass is 491 g/mol. The van der Waals surface area contributed by atoms with Crippen LogP contribution in [0.15, 0.2) is 70.0 Å². The molecule has 33 heavy (non-hydrogen) atoms. The quantitative estimate of drug-likeness (QED) is 0.460. The molecule has 176 valence electrons. The van der Waals surface area contributed by atoms with Crippen LogP contribution in [0.2, 0.25) is 0 Å². The third-order valence-electron chi connectivity index (χ3n) is 4.70. The van der Waals surface area contributed by atoms with Gasteiger partial charge in [0.25, 0.3) is 11.5 Å². The van der Waals surface area contributed by atoms with Gasteiger partial charge in [-0.3, -0.25) is 9.59 Å². The molecule has 0 aliphatic rings. The van der Waals surface area contributed by atoms with Crippen LogP contribution < -0.4 is 10.3 Å². The number of rotatable bonds is 11. The highest BCUT2D eigenvalue weighted by Gasteiger charge is 2.26. The minimum Gasteiger partial charge on any atom is -0.481 e. The predicted molar refractivity (Wildman–Crippen MR) is 131 cm³/mol. The number of aliphatic hydroxyl groups excluding tert-OH is 1. The number of aromatic amines is 1. The van der Waals surface area contributed by atoms with E-state index in [9.17, 15) is 14.7 Å². The molecule has 1 amide bonds. The standard InChI is InChI=1S/C24H27Cl2N3O4/c1-5-18(20(26)16(4)25)13-19-27-21(24(32)29(11-12-30)15(2)3)22(23(31)28-19)33-14-17-9-7-6-8-10-17/h5-10,15,30H,1,4,11-14H2,2-3H3,(H,27,28,31)/b20-18-. The molecule has 0 fully saturated rings. The van der Waals surface area contributed by atoms with E-state index in [1.165, 1.54) is 11.0 Å². The van der Waals surface area contributed by atoms with E-state index < -0.39 is 11.5 Å². The van der Waals surface area contributed by atoms with E-state index in [0.29, 0.717) is 5.57 Å². The molecule has 2 rings (SSSR count). The molecule has 0 aliphatic heterocycles. The van der Waals surface area contributed by atoms with Crippen molar-refractivity contribution in [1.82, 2.24) is 14.9 Å². The molecular weight excluding hydrogens is 465 g/mol. The van der Waals surface area contributed by atoms with Crippen LogP contribution in [-0.2, 0) is 13.0 Å². The van der Waals surface area contributed by atoms with Crippen molar-refractivity contribution in [2.45, 2.75) is 32.9 Å². The lowest BCUT2D eigenvalue weighted by Crippen LogP contribution is -2.40. The molecule has 0 unspecified atom stereocenters. The molecule has 0 saturated carbocycles. The topological polar surface area (TPSA) is 95.5 Å². The molecule has 1 aromatic heterocycles. The predicted octanol–water partition coefficient (Wildman–Crippen LogP) is 4.17. The van der Waals surface area contributed by atoms with E-state index in [4.69, 9.17) is 27.9 Å². The van der Waals surface area contributed by atoms with Gasteiger partial charge in [0.1, 0.15) is 12.4 Å². The lowest BCUT2D eigenvalue weighted by Gasteiger charge is -2.26. The summed E-state index contributed by atoms with van der Waals surface area (Å²) in [4.78, 5) is 34.7. The third kappa shape index (κ3) is 7.05. The fourth-order valence-corrected chi connectivity index (χ4v) is 3.30. The Morgan fingerprint density at radius 1 is 1.30 bits per heavy atom. The van der Waals surface area contributed by atoms with Crippen LogP contribution in [0.3, 0.4) is 0 Å². The van der Waals surface area contributed by atoms with Crippen molar-refractivity contribution in [1.29, 1.82) is 0 Å². The van der Waals surface area contributed by atoms with Crippen LogP contribution in [0.4, 0.5) is 0 Å².